The second kappa shape index (κ2) is 11.1. The highest BCUT2D eigenvalue weighted by Crippen LogP contribution is 2.52. The molecular weight excluding hydrogens is 529 g/mol. The molecule has 3 atom stereocenters. The summed E-state index contributed by atoms with van der Waals surface area (Å²) in [7, 11) is 0. The van der Waals surface area contributed by atoms with Crippen molar-refractivity contribution >= 4 is 59.6 Å². The number of anilines is 1. The summed E-state index contributed by atoms with van der Waals surface area (Å²) < 4.78 is 0. The number of fused-ring (bicyclic) bond motifs is 3. The molecule has 37 heavy (non-hydrogen) atoms. The third-order valence-corrected chi connectivity index (χ3v) is 6.92. The maximum atomic E-state index is 13.5. The Labute approximate surface area is 224 Å². The van der Waals surface area contributed by atoms with E-state index in [1.54, 1.807) is 6.07 Å². The molecule has 0 bridgehead atoms. The fourth-order valence-electron chi connectivity index (χ4n) is 5.27. The SMILES string of the molecule is CCCNCC(=O)Nc1ccc2c(c1O)C(O)=C1C(=O)C3(O)C(O)=C(C(N)=O)C(=O)CC3CC1C2.Cl.Cl. The lowest BCUT2D eigenvalue weighted by atomic mass is 9.59. The topological polar surface area (TPSA) is 199 Å². The summed E-state index contributed by atoms with van der Waals surface area (Å²) in [5, 5.41) is 49.2. The van der Waals surface area contributed by atoms with E-state index in [0.29, 0.717) is 12.1 Å². The van der Waals surface area contributed by atoms with E-state index in [1.807, 2.05) is 6.92 Å². The van der Waals surface area contributed by atoms with Crippen molar-refractivity contribution in [2.75, 3.05) is 18.4 Å². The lowest BCUT2D eigenvalue weighted by Crippen LogP contribution is -2.58. The number of hydrogen-bond donors (Lipinski definition) is 7. The number of nitrogens with one attached hydrogen (secondary N) is 2. The second-order valence-electron chi connectivity index (χ2n) is 9.13. The molecule has 202 valence electrons. The van der Waals surface area contributed by atoms with Gasteiger partial charge in [-0.25, -0.2) is 0 Å². The van der Waals surface area contributed by atoms with Gasteiger partial charge in [0.2, 0.25) is 11.7 Å². The predicted octanol–water partition coefficient (Wildman–Crippen LogP) is 1.21. The number of halogens is 2. The van der Waals surface area contributed by atoms with Gasteiger partial charge in [0, 0.05) is 17.9 Å². The standard InChI is InChI=1S/C24H27N3O8.2ClH/c1-2-5-26-9-15(29)27-13-4-3-10-6-11-7-12-8-14(28)18(23(25)34)22(33)24(12,35)21(32)17(11)20(31)16(10)19(13)30;;/h3-4,11-12,26,30-31,33,35H,2,5-9H2,1H3,(H2,25,34)(H,27,29);2*1H. The van der Waals surface area contributed by atoms with Gasteiger partial charge in [0.1, 0.15) is 22.8 Å². The first-order valence-electron chi connectivity index (χ1n) is 11.3. The van der Waals surface area contributed by atoms with Crippen LogP contribution in [0, 0.1) is 11.8 Å². The minimum atomic E-state index is -2.61. The quantitative estimate of drug-likeness (QED) is 0.152. The molecule has 0 radical (unpaired) electrons. The van der Waals surface area contributed by atoms with Gasteiger partial charge in [0.05, 0.1) is 17.8 Å². The number of nitrogens with two attached hydrogens (primary N) is 1. The number of phenolic OH excluding ortho intramolecular Hbond substituents is 1. The summed E-state index contributed by atoms with van der Waals surface area (Å²) in [5.74, 6) is -7.31. The van der Waals surface area contributed by atoms with Crippen LogP contribution in [-0.4, -0.2) is 62.5 Å². The first-order valence-corrected chi connectivity index (χ1v) is 11.3. The normalized spacial score (nSPS) is 24.3. The average molecular weight is 558 g/mol. The number of ketones is 2. The molecule has 0 heterocycles. The Morgan fingerprint density at radius 2 is 1.81 bits per heavy atom. The van der Waals surface area contributed by atoms with Crippen LogP contribution in [-0.2, 0) is 25.6 Å². The molecular formula is C24H29Cl2N3O8. The molecule has 1 aromatic rings. The van der Waals surface area contributed by atoms with E-state index < -0.39 is 63.7 Å². The van der Waals surface area contributed by atoms with Crippen LogP contribution in [0.1, 0.15) is 37.3 Å². The number of primary amides is 1. The van der Waals surface area contributed by atoms with Gasteiger partial charge >= 0.3 is 0 Å². The molecule has 1 fully saturated rings. The molecule has 3 aliphatic carbocycles. The largest absolute Gasteiger partial charge is 0.508 e. The maximum Gasteiger partial charge on any atom is 0.255 e. The van der Waals surface area contributed by atoms with Crippen LogP contribution in [0.3, 0.4) is 0 Å². The summed E-state index contributed by atoms with van der Waals surface area (Å²) >= 11 is 0. The maximum absolute atomic E-state index is 13.5. The minimum absolute atomic E-state index is 0. The smallest absolute Gasteiger partial charge is 0.255 e. The van der Waals surface area contributed by atoms with Gasteiger partial charge in [-0.3, -0.25) is 19.2 Å². The van der Waals surface area contributed by atoms with Gasteiger partial charge < -0.3 is 36.8 Å². The number of amides is 2. The van der Waals surface area contributed by atoms with E-state index in [2.05, 4.69) is 10.6 Å². The van der Waals surface area contributed by atoms with Gasteiger partial charge in [-0.15, -0.1) is 24.8 Å². The van der Waals surface area contributed by atoms with Gasteiger partial charge in [-0.05, 0) is 43.4 Å². The van der Waals surface area contributed by atoms with Crippen LogP contribution in [0.2, 0.25) is 0 Å². The molecule has 0 spiro atoms. The van der Waals surface area contributed by atoms with Crippen molar-refractivity contribution in [3.05, 3.63) is 40.2 Å². The Morgan fingerprint density at radius 3 is 2.43 bits per heavy atom. The van der Waals surface area contributed by atoms with E-state index in [0.717, 1.165) is 6.42 Å². The summed E-state index contributed by atoms with van der Waals surface area (Å²) in [6.45, 7) is 2.59. The van der Waals surface area contributed by atoms with Crippen molar-refractivity contribution in [3.8, 4) is 5.75 Å². The van der Waals surface area contributed by atoms with Crippen molar-refractivity contribution in [1.82, 2.24) is 5.32 Å². The number of rotatable bonds is 6. The van der Waals surface area contributed by atoms with E-state index in [-0.39, 0.29) is 67.4 Å². The van der Waals surface area contributed by atoms with Gasteiger partial charge in [-0.1, -0.05) is 13.0 Å². The summed E-state index contributed by atoms with van der Waals surface area (Å²) in [6, 6.07) is 3.10. The van der Waals surface area contributed by atoms with Gasteiger partial charge in [-0.2, -0.15) is 0 Å². The molecule has 1 aromatic carbocycles. The molecule has 4 rings (SSSR count). The fraction of sp³-hybridized carbons (Fsp3) is 0.417. The van der Waals surface area contributed by atoms with Crippen molar-refractivity contribution in [3.63, 3.8) is 0 Å². The molecule has 0 saturated heterocycles. The van der Waals surface area contributed by atoms with Crippen molar-refractivity contribution < 1.29 is 39.6 Å². The summed E-state index contributed by atoms with van der Waals surface area (Å²) in [5.41, 5.74) is 1.96. The highest BCUT2D eigenvalue weighted by Gasteiger charge is 2.60. The number of Topliss-reactive ketones (excluding diaryl/α,β-unsaturated/α-hetero) is 2. The zero-order valence-corrected chi connectivity index (χ0v) is 21.5. The number of phenols is 1. The van der Waals surface area contributed by atoms with E-state index in [1.165, 1.54) is 6.07 Å². The number of carbonyl (C=O) groups excluding carboxylic acids is 4. The molecule has 0 aliphatic heterocycles. The van der Waals surface area contributed by atoms with E-state index in [9.17, 15) is 39.6 Å². The zero-order valence-electron chi connectivity index (χ0n) is 19.9. The highest BCUT2D eigenvalue weighted by molar-refractivity contribution is 6.22. The number of aliphatic hydroxyl groups is 3. The first-order chi connectivity index (χ1) is 16.5. The van der Waals surface area contributed by atoms with Crippen LogP contribution in [0.5, 0.6) is 5.75 Å². The van der Waals surface area contributed by atoms with Crippen molar-refractivity contribution in [2.24, 2.45) is 17.6 Å². The van der Waals surface area contributed by atoms with E-state index >= 15 is 0 Å². The second-order valence-corrected chi connectivity index (χ2v) is 9.13. The molecule has 11 nitrogen and oxygen atoms in total. The van der Waals surface area contributed by atoms with Crippen molar-refractivity contribution in [1.29, 1.82) is 0 Å². The van der Waals surface area contributed by atoms with Gasteiger partial charge in [0.15, 0.2) is 11.4 Å². The summed E-state index contributed by atoms with van der Waals surface area (Å²) in [6.07, 6.45) is 0.727. The average Bonchev–Trinajstić information content (AvgIpc) is 2.78. The summed E-state index contributed by atoms with van der Waals surface area (Å²) in [4.78, 5) is 49.7. The minimum Gasteiger partial charge on any atom is -0.508 e. The molecule has 1 saturated carbocycles. The third kappa shape index (κ3) is 4.79. The van der Waals surface area contributed by atoms with E-state index in [4.69, 9.17) is 5.73 Å². The Bertz CT molecular complexity index is 1230. The Balaban J connectivity index is 0.00000241. The van der Waals surface area contributed by atoms with Gasteiger partial charge in [0.25, 0.3) is 5.91 Å². The number of aromatic hydroxyl groups is 1. The van der Waals surface area contributed by atoms with Crippen LogP contribution in [0.4, 0.5) is 5.69 Å². The number of aliphatic hydroxyl groups excluding tert-OH is 2. The lowest BCUT2D eigenvalue weighted by molar-refractivity contribution is -0.147. The molecule has 3 unspecified atom stereocenters. The van der Waals surface area contributed by atoms with Crippen LogP contribution in [0.15, 0.2) is 29.0 Å². The van der Waals surface area contributed by atoms with Crippen molar-refractivity contribution in [2.45, 2.75) is 38.2 Å². The highest BCUT2D eigenvalue weighted by atomic mass is 35.5. The zero-order chi connectivity index (χ0) is 25.7. The third-order valence-electron chi connectivity index (χ3n) is 6.92. The Hall–Kier alpha value is -3.12. The molecule has 2 amide bonds. The molecule has 13 heteroatoms. The molecule has 0 aromatic heterocycles. The number of benzene rings is 1. The molecule has 3 aliphatic rings. The Kier molecular flexibility index (Phi) is 9.03. The monoisotopic (exact) mass is 557 g/mol. The Morgan fingerprint density at radius 1 is 1.14 bits per heavy atom. The first kappa shape index (κ1) is 30.1. The predicted molar refractivity (Wildman–Crippen MR) is 138 cm³/mol. The lowest BCUT2D eigenvalue weighted by Gasteiger charge is -2.46. The number of carbonyl (C=O) groups is 4. The van der Waals surface area contributed by atoms with Crippen LogP contribution >= 0.6 is 24.8 Å². The number of hydrogen-bond acceptors (Lipinski definition) is 9. The molecule has 8 N–H and O–H groups in total. The van der Waals surface area contributed by atoms with Crippen LogP contribution in [0.25, 0.3) is 5.76 Å². The van der Waals surface area contributed by atoms with Crippen LogP contribution < -0.4 is 16.4 Å². The fourth-order valence-corrected chi connectivity index (χ4v) is 5.27.